The van der Waals surface area contributed by atoms with E-state index in [1.165, 1.54) is 26.1 Å². The Labute approximate surface area is 159 Å². The van der Waals surface area contributed by atoms with Gasteiger partial charge < -0.3 is 37.2 Å². The Morgan fingerprint density at radius 1 is 0.905 bits per heavy atom. The van der Waals surface area contributed by atoms with Gasteiger partial charge >= 0.3 is 123 Å². The van der Waals surface area contributed by atoms with Crippen molar-refractivity contribution < 1.29 is 57.7 Å². The van der Waals surface area contributed by atoms with Crippen LogP contribution in [-0.4, -0.2) is 0 Å². The zero-order chi connectivity index (χ0) is 13.5. The van der Waals surface area contributed by atoms with Gasteiger partial charge in [-0.25, -0.2) is 0 Å². The van der Waals surface area contributed by atoms with Gasteiger partial charge in [0.15, 0.2) is 0 Å². The first-order chi connectivity index (χ1) is 8.34. The van der Waals surface area contributed by atoms with Gasteiger partial charge in [0.05, 0.1) is 0 Å². The van der Waals surface area contributed by atoms with Crippen LogP contribution in [0.5, 0.6) is 0 Å². The predicted octanol–water partition coefficient (Wildman–Crippen LogP) is -4.34. The summed E-state index contributed by atoms with van der Waals surface area (Å²) in [6.45, 7) is 11.4. The number of halogens is 3. The summed E-state index contributed by atoms with van der Waals surface area (Å²) in [4.78, 5) is 0. The van der Waals surface area contributed by atoms with Crippen LogP contribution in [0.15, 0.2) is 33.7 Å². The van der Waals surface area contributed by atoms with Crippen LogP contribution in [-0.2, 0) is 25.9 Å². The minimum absolute atomic E-state index is 0. The average molecular weight is 380 g/mol. The van der Waals surface area contributed by atoms with Crippen molar-refractivity contribution in [2.45, 2.75) is 46.5 Å². The number of hydrogen-bond donors (Lipinski definition) is 0. The number of aryl methyl sites for hydroxylation is 3. The molecule has 0 nitrogen and oxygen atoms in total. The van der Waals surface area contributed by atoms with Crippen LogP contribution in [0.25, 0.3) is 0 Å². The second-order valence-corrected chi connectivity index (χ2v) is 6.72. The van der Waals surface area contributed by atoms with Gasteiger partial charge in [0.2, 0.25) is 0 Å². The van der Waals surface area contributed by atoms with Crippen LogP contribution < -0.4 is 37.2 Å². The summed E-state index contributed by atoms with van der Waals surface area (Å²) in [5.41, 5.74) is 7.37. The first kappa shape index (κ1) is 23.5. The quantitative estimate of drug-likeness (QED) is 0.456. The summed E-state index contributed by atoms with van der Waals surface area (Å²) < 4.78 is 1.44. The Morgan fingerprint density at radius 2 is 1.43 bits per heavy atom. The van der Waals surface area contributed by atoms with Gasteiger partial charge in [-0.2, -0.15) is 0 Å². The number of benzene rings is 1. The van der Waals surface area contributed by atoms with Gasteiger partial charge in [0, 0.05) is 0 Å². The number of hydrogen-bond acceptors (Lipinski definition) is 0. The smallest absolute Gasteiger partial charge is 1.00 e. The van der Waals surface area contributed by atoms with Gasteiger partial charge in [-0.3, -0.25) is 0 Å². The first-order valence-corrected chi connectivity index (χ1v) is 7.32. The fraction of sp³-hybridized carbons (Fsp3) is 0.412. The van der Waals surface area contributed by atoms with Crippen LogP contribution in [0.4, 0.5) is 0 Å². The summed E-state index contributed by atoms with van der Waals surface area (Å²) in [5, 5.41) is 0. The van der Waals surface area contributed by atoms with Crippen molar-refractivity contribution in [3.05, 3.63) is 56.0 Å². The maximum Gasteiger partial charge on any atom is -1.00 e. The summed E-state index contributed by atoms with van der Waals surface area (Å²) in [5.74, 6) is 0. The first-order valence-electron chi connectivity index (χ1n) is 6.54. The maximum atomic E-state index is 2.38. The zero-order valence-electron chi connectivity index (χ0n) is 13.2. The molecule has 21 heavy (non-hydrogen) atoms. The Kier molecular flexibility index (Phi) is 9.86. The molecule has 114 valence electrons. The SMILES string of the molecule is Cc1cc(C)c(C(C)(C)C2=[C]([Ti+3])C=CC2)cc1C.[Cl-].[Cl-].[Cl-]. The fourth-order valence-electron chi connectivity index (χ4n) is 2.89. The van der Waals surface area contributed by atoms with E-state index in [0.29, 0.717) is 0 Å². The molecule has 0 fully saturated rings. The molecule has 1 aromatic carbocycles. The van der Waals surface area contributed by atoms with Gasteiger partial charge in [-0.05, 0) is 0 Å². The average Bonchev–Trinajstić information content (AvgIpc) is 2.70. The standard InChI is InChI=1S/C17H21.3ClH.Ti/c1-12-10-14(3)16(11-13(12)2)17(4,5)15-8-6-7-9-15;;;;/h6-7,10-11H,8H2,1-5H3;3*1H;/q;;;;+3/p-3. The second kappa shape index (κ2) is 8.80. The predicted molar refractivity (Wildman–Crippen MR) is 74.5 cm³/mol. The van der Waals surface area contributed by atoms with Crippen molar-refractivity contribution in [3.63, 3.8) is 0 Å². The minimum Gasteiger partial charge on any atom is -1.00 e. The van der Waals surface area contributed by atoms with Crippen LogP contribution in [0.1, 0.15) is 42.5 Å². The number of allylic oxidation sites excluding steroid dienone is 4. The van der Waals surface area contributed by atoms with Gasteiger partial charge in [0.1, 0.15) is 0 Å². The van der Waals surface area contributed by atoms with Crippen LogP contribution in [0, 0.1) is 20.8 Å². The fourth-order valence-corrected chi connectivity index (χ4v) is 3.72. The maximum absolute atomic E-state index is 2.38. The van der Waals surface area contributed by atoms with E-state index in [2.05, 4.69) is 79.3 Å². The van der Waals surface area contributed by atoms with E-state index < -0.39 is 0 Å². The van der Waals surface area contributed by atoms with Crippen LogP contribution in [0.3, 0.4) is 0 Å². The summed E-state index contributed by atoms with van der Waals surface area (Å²) in [6, 6.07) is 4.70. The van der Waals surface area contributed by atoms with Crippen molar-refractivity contribution >= 4 is 0 Å². The topological polar surface area (TPSA) is 0 Å². The zero-order valence-corrected chi connectivity index (χ0v) is 17.0. The van der Waals surface area contributed by atoms with Gasteiger partial charge in [-0.1, -0.05) is 0 Å². The van der Waals surface area contributed by atoms with E-state index in [0.717, 1.165) is 6.42 Å². The molecule has 2 rings (SSSR count). The molecule has 0 saturated carbocycles. The molecular weight excluding hydrogens is 358 g/mol. The van der Waals surface area contributed by atoms with Crippen molar-refractivity contribution in [1.82, 2.24) is 0 Å². The molecule has 0 saturated heterocycles. The van der Waals surface area contributed by atoms with E-state index in [-0.39, 0.29) is 42.6 Å². The molecule has 0 radical (unpaired) electrons. The molecule has 0 atom stereocenters. The molecule has 1 aliphatic rings. The molecule has 0 N–H and O–H groups in total. The molecule has 1 aliphatic carbocycles. The van der Waals surface area contributed by atoms with E-state index in [9.17, 15) is 0 Å². The Bertz CT molecular complexity index is 557. The molecule has 4 heteroatoms. The molecule has 0 bridgehead atoms. The Morgan fingerprint density at radius 3 is 1.90 bits per heavy atom. The van der Waals surface area contributed by atoms with Gasteiger partial charge in [-0.15, -0.1) is 0 Å². The van der Waals surface area contributed by atoms with E-state index >= 15 is 0 Å². The van der Waals surface area contributed by atoms with Crippen molar-refractivity contribution in [3.8, 4) is 0 Å². The van der Waals surface area contributed by atoms with E-state index in [4.69, 9.17) is 0 Å². The molecular formula is C17H21Cl3Ti. The minimum atomic E-state index is 0. The van der Waals surface area contributed by atoms with Crippen molar-refractivity contribution in [2.75, 3.05) is 0 Å². The normalized spacial score (nSPS) is 13.5. The third kappa shape index (κ3) is 4.63. The summed E-state index contributed by atoms with van der Waals surface area (Å²) in [7, 11) is 0. The van der Waals surface area contributed by atoms with Crippen LogP contribution >= 0.6 is 0 Å². The third-order valence-electron chi connectivity index (χ3n) is 4.20. The second-order valence-electron chi connectivity index (χ2n) is 5.88. The molecule has 0 aromatic heterocycles. The van der Waals surface area contributed by atoms with Crippen LogP contribution in [0.2, 0.25) is 0 Å². The molecule has 0 spiro atoms. The van der Waals surface area contributed by atoms with Crippen molar-refractivity contribution in [1.29, 1.82) is 0 Å². The largest absolute Gasteiger partial charge is 1.00 e. The van der Waals surface area contributed by atoms with Gasteiger partial charge in [0.25, 0.3) is 0 Å². The molecule has 0 amide bonds. The van der Waals surface area contributed by atoms with Crippen molar-refractivity contribution in [2.24, 2.45) is 0 Å². The Hall–Kier alpha value is 0.284. The van der Waals surface area contributed by atoms with E-state index in [1.807, 2.05) is 0 Å². The molecule has 0 heterocycles. The Balaban J connectivity index is 0. The molecule has 0 unspecified atom stereocenters. The monoisotopic (exact) mass is 378 g/mol. The van der Waals surface area contributed by atoms with E-state index in [1.54, 1.807) is 5.57 Å². The summed E-state index contributed by atoms with van der Waals surface area (Å²) >= 11 is 2.23. The third-order valence-corrected chi connectivity index (χ3v) is 4.93. The summed E-state index contributed by atoms with van der Waals surface area (Å²) in [6.07, 6.45) is 5.64. The molecule has 1 aromatic rings. The number of rotatable bonds is 2. The molecule has 0 aliphatic heterocycles.